The van der Waals surface area contributed by atoms with E-state index in [-0.39, 0.29) is 0 Å². The highest BCUT2D eigenvalue weighted by Crippen LogP contribution is 2.24. The topological polar surface area (TPSA) is 88.1 Å². The number of carbonyl (C=O) groups is 1. The van der Waals surface area contributed by atoms with Crippen LogP contribution in [-0.4, -0.2) is 39.3 Å². The van der Waals surface area contributed by atoms with Crippen molar-refractivity contribution in [2.75, 3.05) is 48.1 Å². The monoisotopic (exact) mass is 341 g/mol. The number of nitrogens with two attached hydrogens (primary N) is 2. The number of carbonyl (C=O) groups excluding carboxylic acids is 1. The fraction of sp³-hybridized carbons (Fsp3) is 0.278. The van der Waals surface area contributed by atoms with Crippen molar-refractivity contribution in [3.8, 4) is 5.75 Å². The molecule has 0 radical (unpaired) electrons. The number of urea groups is 1. The van der Waals surface area contributed by atoms with Crippen molar-refractivity contribution in [2.24, 2.45) is 11.6 Å². The van der Waals surface area contributed by atoms with Crippen molar-refractivity contribution in [1.82, 2.24) is 0 Å². The lowest BCUT2D eigenvalue weighted by atomic mass is 10.2. The molecule has 3 rings (SSSR count). The van der Waals surface area contributed by atoms with Gasteiger partial charge in [-0.15, -0.1) is 0 Å². The minimum Gasteiger partial charge on any atom is -0.497 e. The fourth-order valence-corrected chi connectivity index (χ4v) is 2.97. The molecule has 25 heavy (non-hydrogen) atoms. The number of benzene rings is 2. The molecule has 2 aromatic carbocycles. The van der Waals surface area contributed by atoms with Gasteiger partial charge in [0.2, 0.25) is 0 Å². The molecule has 0 aliphatic carbocycles. The second-order valence-corrected chi connectivity index (χ2v) is 5.90. The predicted octanol–water partition coefficient (Wildman–Crippen LogP) is 1.78. The summed E-state index contributed by atoms with van der Waals surface area (Å²) in [6, 6.07) is 15.0. The van der Waals surface area contributed by atoms with E-state index in [9.17, 15) is 4.79 Å². The van der Waals surface area contributed by atoms with E-state index in [0.717, 1.165) is 42.6 Å². The number of methoxy groups -OCH3 is 1. The summed E-state index contributed by atoms with van der Waals surface area (Å²) in [5.74, 6) is 6.47. The molecule has 4 N–H and O–H groups in total. The van der Waals surface area contributed by atoms with Crippen LogP contribution in [0.1, 0.15) is 0 Å². The van der Waals surface area contributed by atoms with Crippen molar-refractivity contribution < 1.29 is 9.53 Å². The van der Waals surface area contributed by atoms with Crippen LogP contribution < -0.4 is 31.1 Å². The molecule has 7 nitrogen and oxygen atoms in total. The van der Waals surface area contributed by atoms with Gasteiger partial charge in [-0.05, 0) is 48.5 Å². The van der Waals surface area contributed by atoms with Crippen LogP contribution in [-0.2, 0) is 0 Å². The number of nitrogens with zero attached hydrogens (tertiary/aromatic N) is 3. The maximum absolute atomic E-state index is 11.1. The minimum atomic E-state index is -0.680. The number of hydrogen-bond donors (Lipinski definition) is 2. The molecule has 1 saturated heterocycles. The molecule has 0 aromatic heterocycles. The van der Waals surface area contributed by atoms with Crippen molar-refractivity contribution >= 4 is 23.1 Å². The normalized spacial score (nSPS) is 14.3. The van der Waals surface area contributed by atoms with Crippen LogP contribution in [0.15, 0.2) is 48.5 Å². The van der Waals surface area contributed by atoms with Crippen molar-refractivity contribution in [3.05, 3.63) is 48.5 Å². The number of primary amides is 1. The summed E-state index contributed by atoms with van der Waals surface area (Å²) in [7, 11) is 1.67. The largest absolute Gasteiger partial charge is 0.497 e. The van der Waals surface area contributed by atoms with E-state index in [1.807, 2.05) is 24.3 Å². The van der Waals surface area contributed by atoms with Gasteiger partial charge in [-0.3, -0.25) is 0 Å². The Kier molecular flexibility index (Phi) is 4.95. The van der Waals surface area contributed by atoms with Crippen LogP contribution in [0, 0.1) is 0 Å². The fourth-order valence-electron chi connectivity index (χ4n) is 2.97. The molecule has 7 heteroatoms. The average Bonchev–Trinajstić information content (AvgIpc) is 2.67. The Balaban J connectivity index is 1.60. The molecule has 1 fully saturated rings. The second kappa shape index (κ2) is 7.31. The molecule has 1 heterocycles. The number of hydrogen-bond acceptors (Lipinski definition) is 5. The smallest absolute Gasteiger partial charge is 0.333 e. The Morgan fingerprint density at radius 3 is 1.76 bits per heavy atom. The third-order valence-corrected chi connectivity index (χ3v) is 4.45. The van der Waals surface area contributed by atoms with Crippen molar-refractivity contribution in [3.63, 3.8) is 0 Å². The number of piperazine rings is 1. The first-order chi connectivity index (χ1) is 12.1. The van der Waals surface area contributed by atoms with Gasteiger partial charge in [0.1, 0.15) is 5.75 Å². The summed E-state index contributed by atoms with van der Waals surface area (Å²) < 4.78 is 5.20. The lowest BCUT2D eigenvalue weighted by molar-refractivity contribution is 0.254. The highest BCUT2D eigenvalue weighted by Gasteiger charge is 2.18. The first-order valence-corrected chi connectivity index (χ1v) is 8.17. The van der Waals surface area contributed by atoms with Gasteiger partial charge in [-0.2, -0.15) is 0 Å². The molecule has 0 atom stereocenters. The Labute approximate surface area is 147 Å². The van der Waals surface area contributed by atoms with Crippen molar-refractivity contribution in [1.29, 1.82) is 0 Å². The third-order valence-electron chi connectivity index (χ3n) is 4.45. The predicted molar refractivity (Wildman–Crippen MR) is 100 cm³/mol. The van der Waals surface area contributed by atoms with E-state index < -0.39 is 6.03 Å². The zero-order valence-electron chi connectivity index (χ0n) is 14.3. The van der Waals surface area contributed by atoms with Gasteiger partial charge in [-0.1, -0.05) is 0 Å². The maximum atomic E-state index is 11.1. The van der Waals surface area contributed by atoms with Crippen LogP contribution in [0.2, 0.25) is 0 Å². The van der Waals surface area contributed by atoms with Crippen LogP contribution in [0.4, 0.5) is 21.9 Å². The summed E-state index contributed by atoms with van der Waals surface area (Å²) in [6.45, 7) is 3.73. The zero-order chi connectivity index (χ0) is 17.8. The molecular formula is C18H23N5O2. The van der Waals surface area contributed by atoms with E-state index in [4.69, 9.17) is 16.3 Å². The molecule has 132 valence electrons. The van der Waals surface area contributed by atoms with Crippen LogP contribution in [0.3, 0.4) is 0 Å². The Hall–Kier alpha value is -2.93. The molecule has 1 aliphatic heterocycles. The van der Waals surface area contributed by atoms with Gasteiger partial charge in [0.25, 0.3) is 0 Å². The van der Waals surface area contributed by atoms with Crippen LogP contribution in [0.25, 0.3) is 0 Å². The molecule has 2 aromatic rings. The summed E-state index contributed by atoms with van der Waals surface area (Å²) in [6.07, 6.45) is 0. The van der Waals surface area contributed by atoms with Gasteiger partial charge >= 0.3 is 6.03 Å². The zero-order valence-corrected chi connectivity index (χ0v) is 14.3. The van der Waals surface area contributed by atoms with E-state index in [0.29, 0.717) is 5.69 Å². The van der Waals surface area contributed by atoms with Crippen LogP contribution >= 0.6 is 0 Å². The highest BCUT2D eigenvalue weighted by molar-refractivity contribution is 5.89. The van der Waals surface area contributed by atoms with E-state index in [2.05, 4.69) is 21.9 Å². The maximum Gasteiger partial charge on any atom is 0.333 e. The number of ether oxygens (including phenoxy) is 1. The summed E-state index contributed by atoms with van der Waals surface area (Å²) in [5.41, 5.74) is 8.06. The standard InChI is InChI=1S/C18H23N5O2/c1-25-17-8-6-15(7-9-17)22-12-10-21(11-13-22)14-2-4-16(5-3-14)23(20)18(19)24/h2-9H,10-13,20H2,1H3,(H2,19,24). The van der Waals surface area contributed by atoms with Gasteiger partial charge < -0.3 is 20.3 Å². The lowest BCUT2D eigenvalue weighted by Gasteiger charge is -2.37. The lowest BCUT2D eigenvalue weighted by Crippen LogP contribution is -2.46. The molecule has 0 unspecified atom stereocenters. The van der Waals surface area contributed by atoms with E-state index in [1.165, 1.54) is 5.69 Å². The molecular weight excluding hydrogens is 318 g/mol. The molecule has 0 bridgehead atoms. The van der Waals surface area contributed by atoms with Gasteiger partial charge in [-0.25, -0.2) is 15.6 Å². The Morgan fingerprint density at radius 1 is 0.920 bits per heavy atom. The molecule has 0 saturated carbocycles. The minimum absolute atomic E-state index is 0.577. The Bertz CT molecular complexity index is 709. The number of anilines is 3. The first kappa shape index (κ1) is 16.9. The van der Waals surface area contributed by atoms with Gasteiger partial charge in [0.15, 0.2) is 0 Å². The van der Waals surface area contributed by atoms with Gasteiger partial charge in [0, 0.05) is 37.6 Å². The SMILES string of the molecule is COc1ccc(N2CCN(c3ccc(N(N)C(N)=O)cc3)CC2)cc1. The average molecular weight is 341 g/mol. The Morgan fingerprint density at radius 2 is 1.36 bits per heavy atom. The summed E-state index contributed by atoms with van der Waals surface area (Å²) in [4.78, 5) is 15.8. The quantitative estimate of drug-likeness (QED) is 0.503. The number of rotatable bonds is 4. The number of hydrazine groups is 1. The molecule has 1 aliphatic rings. The summed E-state index contributed by atoms with van der Waals surface area (Å²) >= 11 is 0. The highest BCUT2D eigenvalue weighted by atomic mass is 16.5. The van der Waals surface area contributed by atoms with Crippen molar-refractivity contribution in [2.45, 2.75) is 0 Å². The van der Waals surface area contributed by atoms with Gasteiger partial charge in [0.05, 0.1) is 12.8 Å². The first-order valence-electron chi connectivity index (χ1n) is 8.17. The van der Waals surface area contributed by atoms with Crippen LogP contribution in [0.5, 0.6) is 5.75 Å². The van der Waals surface area contributed by atoms with E-state index in [1.54, 1.807) is 19.2 Å². The summed E-state index contributed by atoms with van der Waals surface area (Å²) in [5, 5.41) is 0.936. The molecule has 2 amide bonds. The molecule has 0 spiro atoms. The third kappa shape index (κ3) is 3.77. The van der Waals surface area contributed by atoms with E-state index >= 15 is 0 Å². The number of amides is 2. The second-order valence-electron chi connectivity index (χ2n) is 5.90.